The predicted molar refractivity (Wildman–Crippen MR) is 107 cm³/mol. The van der Waals surface area contributed by atoms with Gasteiger partial charge in [-0.2, -0.15) is 5.10 Å². The summed E-state index contributed by atoms with van der Waals surface area (Å²) in [6.45, 7) is 6.61. The van der Waals surface area contributed by atoms with E-state index in [-0.39, 0.29) is 0 Å². The van der Waals surface area contributed by atoms with Gasteiger partial charge in [-0.3, -0.25) is 4.68 Å². The molecule has 6 nitrogen and oxygen atoms in total. The third-order valence-corrected chi connectivity index (χ3v) is 5.15. The van der Waals surface area contributed by atoms with Crippen LogP contribution in [0.4, 0.5) is 11.6 Å². The summed E-state index contributed by atoms with van der Waals surface area (Å²) in [6.07, 6.45) is 2.87. The lowest BCUT2D eigenvalue weighted by Gasteiger charge is -2.22. The van der Waals surface area contributed by atoms with Crippen molar-refractivity contribution in [3.8, 4) is 17.0 Å². The molecule has 140 valence electrons. The lowest BCUT2D eigenvalue weighted by Crippen LogP contribution is -2.12. The van der Waals surface area contributed by atoms with E-state index in [0.29, 0.717) is 17.8 Å². The van der Waals surface area contributed by atoms with Gasteiger partial charge in [-0.15, -0.1) is 0 Å². The Labute approximate surface area is 159 Å². The number of anilines is 2. The molecule has 1 aliphatic rings. The first-order chi connectivity index (χ1) is 13.0. The number of nitrogens with zero attached hydrogens (tertiary/aromatic N) is 4. The first-order valence-electron chi connectivity index (χ1n) is 9.32. The van der Waals surface area contributed by atoms with Crippen molar-refractivity contribution in [3.63, 3.8) is 0 Å². The zero-order chi connectivity index (χ0) is 19.1. The molecule has 1 atom stereocenters. The Kier molecular flexibility index (Phi) is 4.34. The zero-order valence-corrected chi connectivity index (χ0v) is 16.4. The molecule has 0 aliphatic heterocycles. The van der Waals surface area contributed by atoms with Gasteiger partial charge < -0.3 is 10.1 Å². The smallest absolute Gasteiger partial charge is 0.227 e. The first-order valence-corrected chi connectivity index (χ1v) is 9.32. The number of fused-ring (bicyclic) bond motifs is 3. The highest BCUT2D eigenvalue weighted by Crippen LogP contribution is 2.42. The van der Waals surface area contributed by atoms with Crippen molar-refractivity contribution >= 4 is 11.6 Å². The summed E-state index contributed by atoms with van der Waals surface area (Å²) in [7, 11) is 3.68. The largest absolute Gasteiger partial charge is 0.495 e. The van der Waals surface area contributed by atoms with Gasteiger partial charge >= 0.3 is 0 Å². The molecular weight excluding hydrogens is 338 g/mol. The highest BCUT2D eigenvalue weighted by molar-refractivity contribution is 5.74. The molecule has 0 saturated carbocycles. The van der Waals surface area contributed by atoms with Crippen molar-refractivity contribution < 1.29 is 4.74 Å². The fraction of sp³-hybridized carbons (Fsp3) is 0.381. The van der Waals surface area contributed by atoms with Crippen LogP contribution >= 0.6 is 0 Å². The van der Waals surface area contributed by atoms with Crippen molar-refractivity contribution in [1.82, 2.24) is 19.7 Å². The van der Waals surface area contributed by atoms with Gasteiger partial charge in [0.1, 0.15) is 5.75 Å². The number of hydrogen-bond acceptors (Lipinski definition) is 5. The second kappa shape index (κ2) is 6.68. The van der Waals surface area contributed by atoms with Gasteiger partial charge in [-0.1, -0.05) is 32.9 Å². The molecule has 1 aliphatic carbocycles. The first kappa shape index (κ1) is 17.5. The number of rotatable bonds is 4. The molecule has 0 saturated heterocycles. The van der Waals surface area contributed by atoms with Crippen molar-refractivity contribution in [2.45, 2.75) is 39.0 Å². The van der Waals surface area contributed by atoms with Crippen LogP contribution in [-0.2, 0) is 13.5 Å². The topological polar surface area (TPSA) is 64.9 Å². The lowest BCUT2D eigenvalue weighted by molar-refractivity contribution is 0.417. The Morgan fingerprint density at radius 3 is 2.78 bits per heavy atom. The monoisotopic (exact) mass is 363 g/mol. The molecule has 0 fully saturated rings. The Morgan fingerprint density at radius 2 is 2.04 bits per heavy atom. The van der Waals surface area contributed by atoms with Gasteiger partial charge in [0.2, 0.25) is 5.95 Å². The maximum Gasteiger partial charge on any atom is 0.227 e. The van der Waals surface area contributed by atoms with E-state index in [9.17, 15) is 0 Å². The molecule has 2 aromatic heterocycles. The van der Waals surface area contributed by atoms with Crippen LogP contribution in [0.3, 0.4) is 0 Å². The van der Waals surface area contributed by atoms with E-state index >= 15 is 0 Å². The molecule has 0 amide bonds. The third kappa shape index (κ3) is 2.95. The van der Waals surface area contributed by atoms with E-state index in [4.69, 9.17) is 14.8 Å². The van der Waals surface area contributed by atoms with Crippen LogP contribution in [0.25, 0.3) is 11.3 Å². The van der Waals surface area contributed by atoms with Crippen LogP contribution in [0.2, 0.25) is 0 Å². The predicted octanol–water partition coefficient (Wildman–Crippen LogP) is 4.41. The van der Waals surface area contributed by atoms with Gasteiger partial charge in [0.15, 0.2) is 0 Å². The number of benzene rings is 1. The van der Waals surface area contributed by atoms with Crippen molar-refractivity contribution in [1.29, 1.82) is 0 Å². The second-order valence-corrected chi connectivity index (χ2v) is 7.41. The summed E-state index contributed by atoms with van der Waals surface area (Å²) in [5, 5.41) is 8.08. The normalized spacial score (nSPS) is 15.4. The summed E-state index contributed by atoms with van der Waals surface area (Å²) in [5.74, 6) is 2.05. The molecular formula is C21H25N5O. The molecule has 1 unspecified atom stereocenters. The van der Waals surface area contributed by atoms with E-state index in [1.165, 1.54) is 16.8 Å². The molecule has 1 N–H and O–H groups in total. The molecule has 1 aromatic carbocycles. The summed E-state index contributed by atoms with van der Waals surface area (Å²) >= 11 is 0. The average molecular weight is 363 g/mol. The van der Waals surface area contributed by atoms with Gasteiger partial charge in [-0.25, -0.2) is 9.97 Å². The third-order valence-electron chi connectivity index (χ3n) is 5.15. The van der Waals surface area contributed by atoms with E-state index in [0.717, 1.165) is 29.2 Å². The summed E-state index contributed by atoms with van der Waals surface area (Å²) < 4.78 is 7.43. The highest BCUT2D eigenvalue weighted by atomic mass is 16.5. The SMILES string of the molecule is COc1ccccc1Nc1ncc2c(n1)-c1c(nn(C)c1C(C)C)CC2C. The number of methoxy groups -OCH3 is 1. The van der Waals surface area contributed by atoms with Crippen LogP contribution in [0.1, 0.15) is 49.6 Å². The molecule has 6 heteroatoms. The maximum absolute atomic E-state index is 5.43. The number of nitrogens with one attached hydrogen (secondary N) is 1. The zero-order valence-electron chi connectivity index (χ0n) is 16.4. The number of aromatic nitrogens is 4. The number of hydrogen-bond donors (Lipinski definition) is 1. The lowest BCUT2D eigenvalue weighted by atomic mass is 9.84. The van der Waals surface area contributed by atoms with E-state index in [2.05, 4.69) is 31.1 Å². The quantitative estimate of drug-likeness (QED) is 0.744. The fourth-order valence-corrected chi connectivity index (χ4v) is 3.94. The van der Waals surface area contributed by atoms with E-state index in [1.807, 2.05) is 42.2 Å². The van der Waals surface area contributed by atoms with E-state index < -0.39 is 0 Å². The minimum absolute atomic E-state index is 0.350. The Hall–Kier alpha value is -2.89. The molecule has 2 heterocycles. The number of aryl methyl sites for hydroxylation is 1. The maximum atomic E-state index is 5.43. The van der Waals surface area contributed by atoms with Crippen molar-refractivity contribution in [2.24, 2.45) is 7.05 Å². The average Bonchev–Trinajstić information content (AvgIpc) is 2.98. The standard InChI is InChI=1S/C21H25N5O/c1-12(2)20-18-16(25-26(20)4)10-13(3)14-11-22-21(24-19(14)18)23-15-8-6-7-9-17(15)27-5/h6-9,11-13H,10H2,1-5H3,(H,22,23,24). The van der Waals surface area contributed by atoms with Crippen molar-refractivity contribution in [2.75, 3.05) is 12.4 Å². The van der Waals surface area contributed by atoms with Crippen molar-refractivity contribution in [3.05, 3.63) is 47.4 Å². The molecule has 0 bridgehead atoms. The molecule has 27 heavy (non-hydrogen) atoms. The molecule has 4 rings (SSSR count). The summed E-state index contributed by atoms with van der Waals surface area (Å²) in [5.41, 5.74) is 6.55. The van der Waals surface area contributed by atoms with Gasteiger partial charge in [-0.05, 0) is 30.4 Å². The second-order valence-electron chi connectivity index (χ2n) is 7.41. The van der Waals surface area contributed by atoms with Crippen LogP contribution in [0.15, 0.2) is 30.5 Å². The Balaban J connectivity index is 1.82. The van der Waals surface area contributed by atoms with Crippen LogP contribution < -0.4 is 10.1 Å². The van der Waals surface area contributed by atoms with Gasteiger partial charge in [0.05, 0.1) is 29.9 Å². The van der Waals surface area contributed by atoms with Crippen LogP contribution in [-0.4, -0.2) is 26.9 Å². The van der Waals surface area contributed by atoms with Crippen LogP contribution in [0.5, 0.6) is 5.75 Å². The fourth-order valence-electron chi connectivity index (χ4n) is 3.94. The Morgan fingerprint density at radius 1 is 1.26 bits per heavy atom. The highest BCUT2D eigenvalue weighted by Gasteiger charge is 2.30. The Bertz CT molecular complexity index is 992. The number of ether oxygens (including phenoxy) is 1. The number of para-hydroxylation sites is 2. The van der Waals surface area contributed by atoms with Gasteiger partial charge in [0, 0.05) is 24.4 Å². The minimum Gasteiger partial charge on any atom is -0.495 e. The summed E-state index contributed by atoms with van der Waals surface area (Å²) in [4.78, 5) is 9.46. The summed E-state index contributed by atoms with van der Waals surface area (Å²) in [6, 6.07) is 7.77. The van der Waals surface area contributed by atoms with E-state index in [1.54, 1.807) is 7.11 Å². The van der Waals surface area contributed by atoms with Gasteiger partial charge in [0.25, 0.3) is 0 Å². The molecule has 0 spiro atoms. The molecule has 0 radical (unpaired) electrons. The molecule has 3 aromatic rings. The van der Waals surface area contributed by atoms with Crippen LogP contribution in [0, 0.1) is 0 Å². The minimum atomic E-state index is 0.350.